The zero-order chi connectivity index (χ0) is 20.1. The van der Waals surface area contributed by atoms with Crippen LogP contribution in [0.3, 0.4) is 0 Å². The molecule has 148 valence electrons. The Morgan fingerprint density at radius 2 is 2.14 bits per heavy atom. The smallest absolute Gasteiger partial charge is 0.390 e. The van der Waals surface area contributed by atoms with Crippen LogP contribution in [0.1, 0.15) is 30.9 Å². The Labute approximate surface area is 158 Å². The van der Waals surface area contributed by atoms with Crippen LogP contribution in [0.25, 0.3) is 0 Å². The second-order valence-electron chi connectivity index (χ2n) is 8.13. The van der Waals surface area contributed by atoms with Crippen molar-refractivity contribution in [3.05, 3.63) is 29.3 Å². The summed E-state index contributed by atoms with van der Waals surface area (Å²) in [6.45, 7) is 1.97. The van der Waals surface area contributed by atoms with E-state index in [1.165, 1.54) is 11.0 Å². The molecular formula is C19H17F3N2O4. The summed E-state index contributed by atoms with van der Waals surface area (Å²) < 4.78 is 52.2. The lowest BCUT2D eigenvalue weighted by atomic mass is 9.65. The lowest BCUT2D eigenvalue weighted by Gasteiger charge is -2.42. The van der Waals surface area contributed by atoms with Gasteiger partial charge in [-0.1, -0.05) is 0 Å². The van der Waals surface area contributed by atoms with Crippen molar-refractivity contribution in [3.63, 3.8) is 0 Å². The second kappa shape index (κ2) is 5.26. The summed E-state index contributed by atoms with van der Waals surface area (Å²) in [6.07, 6.45) is -5.39. The third kappa shape index (κ3) is 2.00. The van der Waals surface area contributed by atoms with Gasteiger partial charge in [0.15, 0.2) is 0 Å². The lowest BCUT2D eigenvalue weighted by Crippen LogP contribution is -2.53. The van der Waals surface area contributed by atoms with Gasteiger partial charge >= 0.3 is 6.18 Å². The molecule has 4 aliphatic rings. The highest BCUT2D eigenvalue weighted by Gasteiger charge is 2.77. The number of anilines is 1. The number of amides is 1. The van der Waals surface area contributed by atoms with Gasteiger partial charge in [-0.3, -0.25) is 9.69 Å². The minimum absolute atomic E-state index is 0.0327. The van der Waals surface area contributed by atoms with Gasteiger partial charge in [-0.15, -0.1) is 0 Å². The van der Waals surface area contributed by atoms with Crippen molar-refractivity contribution in [2.45, 2.75) is 49.5 Å². The first-order valence-electron chi connectivity index (χ1n) is 9.07. The summed E-state index contributed by atoms with van der Waals surface area (Å²) in [5.74, 6) is -1.46. The number of ether oxygens (including phenoxy) is 2. The van der Waals surface area contributed by atoms with Crippen molar-refractivity contribution < 1.29 is 32.5 Å². The fourth-order valence-corrected chi connectivity index (χ4v) is 5.61. The molecule has 9 heteroatoms. The fraction of sp³-hybridized carbons (Fsp3) is 0.579. The summed E-state index contributed by atoms with van der Waals surface area (Å²) >= 11 is 0. The highest BCUT2D eigenvalue weighted by molar-refractivity contribution is 6.00. The summed E-state index contributed by atoms with van der Waals surface area (Å²) in [7, 11) is 0. The molecule has 2 bridgehead atoms. The Morgan fingerprint density at radius 1 is 1.39 bits per heavy atom. The first-order valence-corrected chi connectivity index (χ1v) is 9.07. The molecule has 4 aliphatic heterocycles. The third-order valence-electron chi connectivity index (χ3n) is 6.79. The number of hydrogen-bond acceptors (Lipinski definition) is 5. The highest BCUT2D eigenvalue weighted by atomic mass is 19.4. The number of halogens is 3. The van der Waals surface area contributed by atoms with Crippen molar-refractivity contribution in [3.8, 4) is 6.07 Å². The van der Waals surface area contributed by atoms with Gasteiger partial charge in [-0.05, 0) is 25.1 Å². The number of nitriles is 1. The predicted molar refractivity (Wildman–Crippen MR) is 87.8 cm³/mol. The minimum Gasteiger partial charge on any atom is -0.390 e. The molecule has 6 nitrogen and oxygen atoms in total. The molecule has 4 saturated heterocycles. The number of alkyl halides is 3. The van der Waals surface area contributed by atoms with Crippen LogP contribution in [0.5, 0.6) is 0 Å². The highest BCUT2D eigenvalue weighted by Crippen LogP contribution is 2.65. The van der Waals surface area contributed by atoms with E-state index in [1.54, 1.807) is 13.0 Å². The van der Waals surface area contributed by atoms with E-state index < -0.39 is 52.7 Å². The van der Waals surface area contributed by atoms with Gasteiger partial charge in [0.05, 0.1) is 41.4 Å². The molecule has 4 heterocycles. The molecule has 1 amide bonds. The van der Waals surface area contributed by atoms with Gasteiger partial charge in [-0.25, -0.2) is 0 Å². The molecule has 0 aromatic heterocycles. The monoisotopic (exact) mass is 394 g/mol. The maximum atomic E-state index is 13.4. The summed E-state index contributed by atoms with van der Waals surface area (Å²) in [5.41, 5.74) is -3.35. The number of aliphatic hydroxyl groups is 1. The van der Waals surface area contributed by atoms with E-state index in [0.717, 1.165) is 12.1 Å². The molecule has 4 fully saturated rings. The van der Waals surface area contributed by atoms with Crippen molar-refractivity contribution in [1.29, 1.82) is 5.26 Å². The molecule has 0 radical (unpaired) electrons. The zero-order valence-electron chi connectivity index (χ0n) is 14.9. The molecule has 5 rings (SSSR count). The van der Waals surface area contributed by atoms with Gasteiger partial charge in [0.1, 0.15) is 11.8 Å². The third-order valence-corrected chi connectivity index (χ3v) is 6.79. The van der Waals surface area contributed by atoms with Gasteiger partial charge in [0.25, 0.3) is 0 Å². The summed E-state index contributed by atoms with van der Waals surface area (Å²) in [4.78, 5) is 14.5. The van der Waals surface area contributed by atoms with Crippen molar-refractivity contribution >= 4 is 11.6 Å². The van der Waals surface area contributed by atoms with Crippen LogP contribution in [0.15, 0.2) is 18.2 Å². The molecule has 0 aliphatic carbocycles. The van der Waals surface area contributed by atoms with Crippen LogP contribution < -0.4 is 4.90 Å². The van der Waals surface area contributed by atoms with Crippen molar-refractivity contribution in [1.82, 2.24) is 0 Å². The Bertz CT molecular complexity index is 929. The van der Waals surface area contributed by atoms with Crippen LogP contribution in [0, 0.1) is 23.2 Å². The molecular weight excluding hydrogens is 377 g/mol. The van der Waals surface area contributed by atoms with Crippen molar-refractivity contribution in [2.24, 2.45) is 11.8 Å². The number of rotatable bonds is 1. The summed E-state index contributed by atoms with van der Waals surface area (Å²) in [5, 5.41) is 19.5. The molecule has 28 heavy (non-hydrogen) atoms. The van der Waals surface area contributed by atoms with Crippen LogP contribution in [0.2, 0.25) is 0 Å². The van der Waals surface area contributed by atoms with Crippen LogP contribution >= 0.6 is 0 Å². The SMILES string of the molecule is C[C@@]12O[C@]3(CCO[C@@H]4[C@H]3[C@H]1C(=O)N4c1ccc(C#N)c(C(F)(F)F)c1)C[C@@H]2O. The minimum atomic E-state index is -4.72. The van der Waals surface area contributed by atoms with E-state index >= 15 is 0 Å². The van der Waals surface area contributed by atoms with E-state index in [4.69, 9.17) is 14.7 Å². The normalized spacial score (nSPS) is 41.3. The maximum absolute atomic E-state index is 13.4. The van der Waals surface area contributed by atoms with Crippen LogP contribution in [0.4, 0.5) is 18.9 Å². The van der Waals surface area contributed by atoms with Gasteiger partial charge in [0.2, 0.25) is 5.91 Å². The number of nitrogens with zero attached hydrogens (tertiary/aromatic N) is 2. The Morgan fingerprint density at radius 3 is 2.82 bits per heavy atom. The Balaban J connectivity index is 1.62. The number of fused-ring (bicyclic) bond motifs is 2. The fourth-order valence-electron chi connectivity index (χ4n) is 5.61. The lowest BCUT2D eigenvalue weighted by molar-refractivity contribution is -0.143. The summed E-state index contributed by atoms with van der Waals surface area (Å²) in [6, 6.07) is 4.77. The average Bonchev–Trinajstić information content (AvgIpc) is 3.17. The number of carbonyl (C=O) groups excluding carboxylic acids is 1. The first-order chi connectivity index (χ1) is 13.1. The Hall–Kier alpha value is -2.15. The average molecular weight is 394 g/mol. The molecule has 0 unspecified atom stereocenters. The molecule has 6 atom stereocenters. The molecule has 1 spiro atoms. The maximum Gasteiger partial charge on any atom is 0.417 e. The van der Waals surface area contributed by atoms with Crippen LogP contribution in [-0.4, -0.2) is 41.2 Å². The quantitative estimate of drug-likeness (QED) is 0.790. The zero-order valence-corrected chi connectivity index (χ0v) is 14.9. The Kier molecular flexibility index (Phi) is 3.36. The van der Waals surface area contributed by atoms with Crippen molar-refractivity contribution in [2.75, 3.05) is 11.5 Å². The topological polar surface area (TPSA) is 82.8 Å². The van der Waals surface area contributed by atoms with E-state index in [9.17, 15) is 23.1 Å². The van der Waals surface area contributed by atoms with Gasteiger partial charge in [-0.2, -0.15) is 18.4 Å². The molecule has 1 aromatic rings. The standard InChI is InChI=1S/C19H17F3N2O4/c1-17-12(25)7-18(28-17)4-5-27-16-14(18)13(17)15(26)24(16)10-3-2-9(8-23)11(6-10)19(20,21)22/h2-3,6,12-14,16,25H,4-5,7H2,1H3/t12-,13-,14+,16+,17-,18+/m0/s1. The first kappa shape index (κ1) is 17.9. The second-order valence-corrected chi connectivity index (χ2v) is 8.13. The number of carbonyl (C=O) groups is 1. The van der Waals surface area contributed by atoms with Crippen LogP contribution in [-0.2, 0) is 20.4 Å². The number of benzene rings is 1. The largest absolute Gasteiger partial charge is 0.417 e. The van der Waals surface area contributed by atoms with E-state index in [2.05, 4.69) is 0 Å². The molecule has 1 aromatic carbocycles. The number of hydrogen-bond donors (Lipinski definition) is 1. The van der Waals surface area contributed by atoms with E-state index in [-0.39, 0.29) is 18.2 Å². The molecule has 0 saturated carbocycles. The molecule has 1 N–H and O–H groups in total. The van der Waals surface area contributed by atoms with E-state index in [0.29, 0.717) is 12.8 Å². The van der Waals surface area contributed by atoms with Gasteiger partial charge in [0, 0.05) is 24.4 Å². The number of aliphatic hydroxyl groups excluding tert-OH is 1. The predicted octanol–water partition coefficient (Wildman–Crippen LogP) is 2.19. The van der Waals surface area contributed by atoms with E-state index in [1.807, 2.05) is 0 Å². The van der Waals surface area contributed by atoms with Gasteiger partial charge < -0.3 is 14.6 Å².